The second-order valence-electron chi connectivity index (χ2n) is 4.87. The van der Waals surface area contributed by atoms with Gasteiger partial charge in [-0.1, -0.05) is 24.3 Å². The van der Waals surface area contributed by atoms with Crippen molar-refractivity contribution in [2.75, 3.05) is 14.2 Å². The van der Waals surface area contributed by atoms with E-state index in [1.165, 1.54) is 11.1 Å². The molecular formula is C17H18O3. The van der Waals surface area contributed by atoms with Gasteiger partial charge < -0.3 is 14.2 Å². The van der Waals surface area contributed by atoms with Crippen LogP contribution >= 0.6 is 0 Å². The second-order valence-corrected chi connectivity index (χ2v) is 4.87. The number of methoxy groups -OCH3 is 2. The third kappa shape index (κ3) is 2.31. The number of hydrogen-bond donors (Lipinski definition) is 0. The van der Waals surface area contributed by atoms with Crippen LogP contribution in [0.4, 0.5) is 0 Å². The molecule has 0 amide bonds. The van der Waals surface area contributed by atoms with Crippen molar-refractivity contribution in [3.05, 3.63) is 53.6 Å². The summed E-state index contributed by atoms with van der Waals surface area (Å²) < 4.78 is 16.7. The molecule has 0 bridgehead atoms. The van der Waals surface area contributed by atoms with E-state index in [0.29, 0.717) is 0 Å². The molecule has 104 valence electrons. The molecule has 0 fully saturated rings. The molecule has 3 rings (SSSR count). The van der Waals surface area contributed by atoms with Crippen molar-refractivity contribution in [3.8, 4) is 17.2 Å². The SMILES string of the molecule is COc1ccc(C2CCc3cccc(OC)c3O2)cc1. The van der Waals surface area contributed by atoms with Gasteiger partial charge in [0.2, 0.25) is 0 Å². The maximum absolute atomic E-state index is 6.15. The first-order chi connectivity index (χ1) is 9.81. The number of para-hydroxylation sites is 1. The molecule has 0 saturated carbocycles. The Hall–Kier alpha value is -2.16. The average molecular weight is 270 g/mol. The molecule has 2 aromatic rings. The predicted molar refractivity (Wildman–Crippen MR) is 77.7 cm³/mol. The summed E-state index contributed by atoms with van der Waals surface area (Å²) in [7, 11) is 3.35. The van der Waals surface area contributed by atoms with E-state index in [-0.39, 0.29) is 6.10 Å². The topological polar surface area (TPSA) is 27.7 Å². The zero-order valence-electron chi connectivity index (χ0n) is 11.8. The van der Waals surface area contributed by atoms with E-state index in [1.807, 2.05) is 24.3 Å². The zero-order chi connectivity index (χ0) is 13.9. The highest BCUT2D eigenvalue weighted by Crippen LogP contribution is 2.41. The molecule has 1 atom stereocenters. The Kier molecular flexibility index (Phi) is 3.50. The Morgan fingerprint density at radius 3 is 2.50 bits per heavy atom. The van der Waals surface area contributed by atoms with Crippen LogP contribution in [0.2, 0.25) is 0 Å². The second kappa shape index (κ2) is 5.45. The molecule has 20 heavy (non-hydrogen) atoms. The standard InChI is InChI=1S/C17H18O3/c1-18-14-9-6-12(7-10-14)15-11-8-13-4-3-5-16(19-2)17(13)20-15/h3-7,9-10,15H,8,11H2,1-2H3. The summed E-state index contributed by atoms with van der Waals surface area (Å²) >= 11 is 0. The Morgan fingerprint density at radius 2 is 1.80 bits per heavy atom. The molecule has 0 spiro atoms. The van der Waals surface area contributed by atoms with E-state index in [2.05, 4.69) is 18.2 Å². The van der Waals surface area contributed by atoms with Crippen LogP contribution in [0.25, 0.3) is 0 Å². The molecule has 0 aliphatic carbocycles. The smallest absolute Gasteiger partial charge is 0.165 e. The molecule has 2 aromatic carbocycles. The van der Waals surface area contributed by atoms with Crippen molar-refractivity contribution in [3.63, 3.8) is 0 Å². The lowest BCUT2D eigenvalue weighted by Gasteiger charge is -2.27. The molecule has 1 heterocycles. The number of benzene rings is 2. The Balaban J connectivity index is 1.87. The summed E-state index contributed by atoms with van der Waals surface area (Å²) in [5.41, 5.74) is 2.39. The van der Waals surface area contributed by atoms with E-state index >= 15 is 0 Å². The number of rotatable bonds is 3. The summed E-state index contributed by atoms with van der Waals surface area (Å²) in [5, 5.41) is 0. The Morgan fingerprint density at radius 1 is 1.00 bits per heavy atom. The summed E-state index contributed by atoms with van der Waals surface area (Å²) in [6.45, 7) is 0. The van der Waals surface area contributed by atoms with Crippen molar-refractivity contribution >= 4 is 0 Å². The molecule has 1 aliphatic heterocycles. The number of ether oxygens (including phenoxy) is 3. The van der Waals surface area contributed by atoms with Crippen LogP contribution in [0.5, 0.6) is 17.2 Å². The van der Waals surface area contributed by atoms with E-state index < -0.39 is 0 Å². The minimum absolute atomic E-state index is 0.0738. The Bertz CT molecular complexity index is 575. The number of hydrogen-bond acceptors (Lipinski definition) is 3. The van der Waals surface area contributed by atoms with Crippen molar-refractivity contribution in [1.29, 1.82) is 0 Å². The Labute approximate surface area is 119 Å². The third-order valence-electron chi connectivity index (χ3n) is 3.70. The van der Waals surface area contributed by atoms with Gasteiger partial charge >= 0.3 is 0 Å². The highest BCUT2D eigenvalue weighted by atomic mass is 16.5. The molecule has 1 unspecified atom stereocenters. The normalized spacial score (nSPS) is 17.0. The molecule has 3 heteroatoms. The van der Waals surface area contributed by atoms with Crippen molar-refractivity contribution in [2.24, 2.45) is 0 Å². The van der Waals surface area contributed by atoms with Crippen LogP contribution in [0.1, 0.15) is 23.7 Å². The lowest BCUT2D eigenvalue weighted by Crippen LogP contribution is -2.15. The monoisotopic (exact) mass is 270 g/mol. The van der Waals surface area contributed by atoms with Crippen LogP contribution in [-0.4, -0.2) is 14.2 Å². The fourth-order valence-corrected chi connectivity index (χ4v) is 2.59. The van der Waals surface area contributed by atoms with E-state index in [4.69, 9.17) is 14.2 Å². The highest BCUT2D eigenvalue weighted by molar-refractivity contribution is 5.48. The molecule has 0 radical (unpaired) electrons. The number of fused-ring (bicyclic) bond motifs is 1. The first-order valence-electron chi connectivity index (χ1n) is 6.78. The number of aryl methyl sites for hydroxylation is 1. The van der Waals surface area contributed by atoms with Crippen molar-refractivity contribution in [1.82, 2.24) is 0 Å². The zero-order valence-corrected chi connectivity index (χ0v) is 11.8. The summed E-state index contributed by atoms with van der Waals surface area (Å²) in [6, 6.07) is 14.1. The summed E-state index contributed by atoms with van der Waals surface area (Å²) in [5.74, 6) is 2.55. The van der Waals surface area contributed by atoms with E-state index in [1.54, 1.807) is 14.2 Å². The first-order valence-corrected chi connectivity index (χ1v) is 6.78. The maximum atomic E-state index is 6.15. The van der Waals surface area contributed by atoms with Gasteiger partial charge in [0.1, 0.15) is 11.9 Å². The van der Waals surface area contributed by atoms with Gasteiger partial charge in [0, 0.05) is 0 Å². The van der Waals surface area contributed by atoms with Crippen molar-refractivity contribution in [2.45, 2.75) is 18.9 Å². The highest BCUT2D eigenvalue weighted by Gasteiger charge is 2.23. The van der Waals surface area contributed by atoms with E-state index in [9.17, 15) is 0 Å². The first kappa shape index (κ1) is 12.9. The van der Waals surface area contributed by atoms with Crippen LogP contribution in [0.15, 0.2) is 42.5 Å². The summed E-state index contributed by atoms with van der Waals surface area (Å²) in [6.07, 6.45) is 2.06. The van der Waals surface area contributed by atoms with Crippen LogP contribution in [0.3, 0.4) is 0 Å². The van der Waals surface area contributed by atoms with Crippen LogP contribution in [0, 0.1) is 0 Å². The van der Waals surface area contributed by atoms with Crippen molar-refractivity contribution < 1.29 is 14.2 Å². The van der Waals surface area contributed by atoms with Gasteiger partial charge in [-0.05, 0) is 42.2 Å². The predicted octanol–water partition coefficient (Wildman–Crippen LogP) is 3.77. The van der Waals surface area contributed by atoms with Gasteiger partial charge in [0.25, 0.3) is 0 Å². The van der Waals surface area contributed by atoms with Gasteiger partial charge in [-0.3, -0.25) is 0 Å². The molecule has 0 N–H and O–H groups in total. The van der Waals surface area contributed by atoms with E-state index in [0.717, 1.165) is 30.1 Å². The lowest BCUT2D eigenvalue weighted by molar-refractivity contribution is 0.168. The fraction of sp³-hybridized carbons (Fsp3) is 0.294. The van der Waals surface area contributed by atoms with Crippen LogP contribution in [-0.2, 0) is 6.42 Å². The average Bonchev–Trinajstić information content (AvgIpc) is 2.54. The van der Waals surface area contributed by atoms with Gasteiger partial charge in [-0.15, -0.1) is 0 Å². The fourth-order valence-electron chi connectivity index (χ4n) is 2.59. The molecule has 1 aliphatic rings. The van der Waals surface area contributed by atoms with Gasteiger partial charge in [-0.2, -0.15) is 0 Å². The summed E-state index contributed by atoms with van der Waals surface area (Å²) in [4.78, 5) is 0. The third-order valence-corrected chi connectivity index (χ3v) is 3.70. The molecule has 3 nitrogen and oxygen atoms in total. The van der Waals surface area contributed by atoms with Crippen LogP contribution < -0.4 is 14.2 Å². The molecule has 0 aromatic heterocycles. The molecule has 0 saturated heterocycles. The minimum atomic E-state index is 0.0738. The lowest BCUT2D eigenvalue weighted by atomic mass is 9.97. The van der Waals surface area contributed by atoms with Gasteiger partial charge in [0.05, 0.1) is 14.2 Å². The minimum Gasteiger partial charge on any atom is -0.497 e. The maximum Gasteiger partial charge on any atom is 0.165 e. The quantitative estimate of drug-likeness (QED) is 0.849. The largest absolute Gasteiger partial charge is 0.497 e. The van der Waals surface area contributed by atoms with Gasteiger partial charge in [0.15, 0.2) is 11.5 Å². The molecular weight excluding hydrogens is 252 g/mol. The van der Waals surface area contributed by atoms with Gasteiger partial charge in [-0.25, -0.2) is 0 Å².